The lowest BCUT2D eigenvalue weighted by Crippen LogP contribution is -2.54. The predicted octanol–water partition coefficient (Wildman–Crippen LogP) is 2.74. The molecular formula is C59H82N4O22. The molecule has 470 valence electrons. The summed E-state index contributed by atoms with van der Waals surface area (Å²) < 4.78 is 78.8. The van der Waals surface area contributed by atoms with Crippen LogP contribution in [0.1, 0.15) is 76.5 Å². The second-order valence-electron chi connectivity index (χ2n) is 19.8. The number of esters is 4. The van der Waals surface area contributed by atoms with E-state index >= 15 is 0 Å². The van der Waals surface area contributed by atoms with Gasteiger partial charge in [-0.3, -0.25) is 28.8 Å². The fourth-order valence-corrected chi connectivity index (χ4v) is 9.64. The molecule has 3 aromatic rings. The van der Waals surface area contributed by atoms with Gasteiger partial charge in [0.2, 0.25) is 11.8 Å². The maximum atomic E-state index is 13.7. The first-order chi connectivity index (χ1) is 40.9. The van der Waals surface area contributed by atoms with Gasteiger partial charge in [-0.2, -0.15) is 0 Å². The monoisotopic (exact) mass is 1200 g/mol. The molecule has 0 spiro atoms. The minimum absolute atomic E-state index is 0.0149. The van der Waals surface area contributed by atoms with Crippen molar-refractivity contribution in [1.29, 1.82) is 0 Å². The smallest absolute Gasteiger partial charge is 0.407 e. The van der Waals surface area contributed by atoms with Gasteiger partial charge in [0.1, 0.15) is 73.5 Å². The standard InChI is InChI=1S/C59H82N4O22/c1-37(64)77-35-51-56(83-40(4)67)49(82-39(3)66)31-53(85-51)76-29-28-60-47(16-12-13-25-61-52(69)36-78-54-30-48(81-38(2)65)55(75-8)50(84-54)34-72-5)57(70)62-26-27-63-58(71)79-32-44(68)33-80-59(41-14-10-9-11-15-41,42-17-21-45(73-6)22-18-42)43-19-23-46(74-7)24-20-43/h9-11,14-15,17-24,44,47-51,53-56,60,68H,12-13,16,25-36H2,1-8H3,(H,61,69)(H,62,70)(H,63,71)/t44?,47?,48?,49?,50?,51-,53?,54?,55?,56?/m1/s1. The predicted molar refractivity (Wildman–Crippen MR) is 300 cm³/mol. The van der Waals surface area contributed by atoms with Gasteiger partial charge in [0.15, 0.2) is 18.7 Å². The number of ether oxygens (including phenoxy) is 14. The summed E-state index contributed by atoms with van der Waals surface area (Å²) in [6, 6.07) is 23.5. The first-order valence-electron chi connectivity index (χ1n) is 27.9. The number of benzene rings is 3. The maximum absolute atomic E-state index is 13.7. The molecule has 2 aliphatic heterocycles. The van der Waals surface area contributed by atoms with Crippen molar-refractivity contribution in [1.82, 2.24) is 21.3 Å². The molecule has 3 aromatic carbocycles. The molecule has 26 heteroatoms. The Kier molecular flexibility index (Phi) is 29.2. The van der Waals surface area contributed by atoms with Crippen molar-refractivity contribution in [3.63, 3.8) is 0 Å². The summed E-state index contributed by atoms with van der Waals surface area (Å²) in [5.41, 5.74) is 1.03. The van der Waals surface area contributed by atoms with Crippen molar-refractivity contribution in [2.24, 2.45) is 0 Å². The van der Waals surface area contributed by atoms with E-state index in [2.05, 4.69) is 21.3 Å². The third-order valence-corrected chi connectivity index (χ3v) is 13.5. The topological polar surface area (TPSA) is 317 Å². The minimum Gasteiger partial charge on any atom is -0.497 e. The van der Waals surface area contributed by atoms with Gasteiger partial charge in [0.25, 0.3) is 0 Å². The van der Waals surface area contributed by atoms with E-state index < -0.39 is 115 Å². The Hall–Kier alpha value is -7.01. The Labute approximate surface area is 494 Å². The third-order valence-electron chi connectivity index (χ3n) is 13.5. The van der Waals surface area contributed by atoms with Gasteiger partial charge < -0.3 is 92.7 Å². The molecule has 0 bridgehead atoms. The highest BCUT2D eigenvalue weighted by Gasteiger charge is 2.45. The normalized spacial score (nSPS) is 21.0. The van der Waals surface area contributed by atoms with E-state index in [1.54, 1.807) is 14.2 Å². The average molecular weight is 1200 g/mol. The van der Waals surface area contributed by atoms with Crippen LogP contribution in [-0.2, 0) is 91.2 Å². The van der Waals surface area contributed by atoms with Gasteiger partial charge in [0.05, 0.1) is 40.1 Å². The number of carbonyl (C=O) groups is 7. The zero-order chi connectivity index (χ0) is 61.7. The highest BCUT2D eigenvalue weighted by molar-refractivity contribution is 5.81. The van der Waals surface area contributed by atoms with Gasteiger partial charge in [-0.25, -0.2) is 4.79 Å². The third kappa shape index (κ3) is 22.4. The number of nitrogens with one attached hydrogen (secondary N) is 4. The SMILES string of the molecule is COCC1OC(OCC(=O)NCCCCC(NCCOC2CC(OC(C)=O)C(OC(C)=O)[C@@H](COC(C)=O)O2)C(=O)NCCNC(=O)OCC(O)COC(c2ccccc2)(c2ccc(OC)cc2)c2ccc(OC)cc2)CC(OC(C)=O)C1OC. The van der Waals surface area contributed by atoms with Gasteiger partial charge >= 0.3 is 30.0 Å². The average Bonchev–Trinajstić information content (AvgIpc) is 2.26. The Morgan fingerprint density at radius 2 is 1.16 bits per heavy atom. The van der Waals surface area contributed by atoms with Crippen LogP contribution in [0.5, 0.6) is 11.5 Å². The summed E-state index contributed by atoms with van der Waals surface area (Å²) in [4.78, 5) is 87.1. The lowest BCUT2D eigenvalue weighted by molar-refractivity contribution is -0.265. The molecule has 2 saturated heterocycles. The molecule has 0 aliphatic carbocycles. The van der Waals surface area contributed by atoms with Crippen molar-refractivity contribution >= 4 is 41.8 Å². The van der Waals surface area contributed by atoms with Crippen molar-refractivity contribution in [3.05, 3.63) is 95.6 Å². The highest BCUT2D eigenvalue weighted by Crippen LogP contribution is 2.42. The van der Waals surface area contributed by atoms with Crippen molar-refractivity contribution < 1.29 is 105 Å². The molecule has 5 rings (SSSR count). The number of alkyl carbamates (subject to hydrolysis) is 1. The molecule has 0 saturated carbocycles. The molecule has 85 heavy (non-hydrogen) atoms. The van der Waals surface area contributed by atoms with Crippen LogP contribution in [0.4, 0.5) is 4.79 Å². The lowest BCUT2D eigenvalue weighted by Gasteiger charge is -2.39. The fraction of sp³-hybridized carbons (Fsp3) is 0.576. The molecule has 2 heterocycles. The minimum atomic E-state index is -1.26. The number of aliphatic hydroxyl groups is 1. The van der Waals surface area contributed by atoms with Crippen molar-refractivity contribution in [3.8, 4) is 11.5 Å². The molecule has 2 fully saturated rings. The Bertz CT molecular complexity index is 2500. The van der Waals surface area contributed by atoms with Crippen LogP contribution in [-0.4, -0.2) is 203 Å². The summed E-state index contributed by atoms with van der Waals surface area (Å²) in [7, 11) is 6.10. The summed E-state index contributed by atoms with van der Waals surface area (Å²) >= 11 is 0. The molecular weight excluding hydrogens is 1120 g/mol. The fourth-order valence-electron chi connectivity index (χ4n) is 9.64. The molecule has 3 amide bonds. The first-order valence-corrected chi connectivity index (χ1v) is 27.9. The van der Waals surface area contributed by atoms with E-state index in [0.717, 1.165) is 16.7 Å². The van der Waals surface area contributed by atoms with Gasteiger partial charge in [0, 0.05) is 80.9 Å². The number of aliphatic hydroxyl groups excluding tert-OH is 1. The summed E-state index contributed by atoms with van der Waals surface area (Å²) in [5.74, 6) is -2.03. The molecule has 10 atom stereocenters. The van der Waals surface area contributed by atoms with Crippen molar-refractivity contribution in [2.45, 2.75) is 127 Å². The number of methoxy groups -OCH3 is 4. The lowest BCUT2D eigenvalue weighted by atomic mass is 9.80. The van der Waals surface area contributed by atoms with Crippen molar-refractivity contribution in [2.75, 3.05) is 94.3 Å². The van der Waals surface area contributed by atoms with E-state index in [-0.39, 0.29) is 78.5 Å². The Morgan fingerprint density at radius 3 is 1.73 bits per heavy atom. The van der Waals surface area contributed by atoms with E-state index in [1.807, 2.05) is 78.9 Å². The van der Waals surface area contributed by atoms with E-state index in [1.165, 1.54) is 41.9 Å². The Morgan fingerprint density at radius 1 is 0.600 bits per heavy atom. The molecule has 5 N–H and O–H groups in total. The van der Waals surface area contributed by atoms with E-state index in [0.29, 0.717) is 24.3 Å². The van der Waals surface area contributed by atoms with E-state index in [9.17, 15) is 38.7 Å². The second kappa shape index (κ2) is 36.1. The number of rotatable bonds is 35. The Balaban J connectivity index is 1.15. The van der Waals surface area contributed by atoms with Crippen LogP contribution in [0.25, 0.3) is 0 Å². The van der Waals surface area contributed by atoms with Crippen LogP contribution in [0.3, 0.4) is 0 Å². The quantitative estimate of drug-likeness (QED) is 0.0245. The molecule has 0 radical (unpaired) electrons. The molecule has 9 unspecified atom stereocenters. The van der Waals surface area contributed by atoms with Crippen LogP contribution in [0, 0.1) is 0 Å². The summed E-state index contributed by atoms with van der Waals surface area (Å²) in [5, 5.41) is 22.5. The number of hydrogen-bond acceptors (Lipinski definition) is 23. The number of unbranched alkanes of at least 4 members (excludes halogenated alkanes) is 1. The number of carbonyl (C=O) groups excluding carboxylic acids is 7. The van der Waals surface area contributed by atoms with Crippen LogP contribution in [0.2, 0.25) is 0 Å². The van der Waals surface area contributed by atoms with Gasteiger partial charge in [-0.1, -0.05) is 54.6 Å². The summed E-state index contributed by atoms with van der Waals surface area (Å²) in [6.45, 7) is 3.86. The highest BCUT2D eigenvalue weighted by atomic mass is 16.7. The van der Waals surface area contributed by atoms with Gasteiger partial charge in [-0.15, -0.1) is 0 Å². The van der Waals surface area contributed by atoms with Crippen LogP contribution < -0.4 is 30.7 Å². The summed E-state index contributed by atoms with van der Waals surface area (Å²) in [6.07, 6.45) is -7.80. The molecule has 0 aromatic heterocycles. The largest absolute Gasteiger partial charge is 0.497 e. The van der Waals surface area contributed by atoms with Crippen LogP contribution >= 0.6 is 0 Å². The number of hydrogen-bond donors (Lipinski definition) is 5. The second-order valence-corrected chi connectivity index (χ2v) is 19.8. The molecule has 26 nitrogen and oxygen atoms in total. The zero-order valence-corrected chi connectivity index (χ0v) is 49.4. The first kappa shape index (κ1) is 68.8. The van der Waals surface area contributed by atoms with Crippen LogP contribution in [0.15, 0.2) is 78.9 Å². The molecule has 2 aliphatic rings. The van der Waals surface area contributed by atoms with Gasteiger partial charge in [-0.05, 0) is 60.2 Å². The van der Waals surface area contributed by atoms with E-state index in [4.69, 9.17) is 66.3 Å². The number of amides is 3. The maximum Gasteiger partial charge on any atom is 0.407 e. The zero-order valence-electron chi connectivity index (χ0n) is 49.4.